The van der Waals surface area contributed by atoms with E-state index in [4.69, 9.17) is 5.11 Å². The van der Waals surface area contributed by atoms with Crippen molar-refractivity contribution in [3.8, 4) is 0 Å². The summed E-state index contributed by atoms with van der Waals surface area (Å²) < 4.78 is 2.87. The van der Waals surface area contributed by atoms with Crippen molar-refractivity contribution < 1.29 is 19.5 Å². The van der Waals surface area contributed by atoms with E-state index >= 15 is 0 Å². The van der Waals surface area contributed by atoms with Crippen molar-refractivity contribution in [2.45, 2.75) is 19.4 Å². The van der Waals surface area contributed by atoms with E-state index in [9.17, 15) is 19.2 Å². The lowest BCUT2D eigenvalue weighted by Gasteiger charge is -2.32. The van der Waals surface area contributed by atoms with Gasteiger partial charge in [0.25, 0.3) is 0 Å². The van der Waals surface area contributed by atoms with Crippen LogP contribution in [0.25, 0.3) is 11.0 Å². The topological polar surface area (TPSA) is 105 Å². The van der Waals surface area contributed by atoms with Crippen LogP contribution in [0.3, 0.4) is 0 Å². The summed E-state index contributed by atoms with van der Waals surface area (Å²) in [5, 5.41) is 9.15. The van der Waals surface area contributed by atoms with Gasteiger partial charge in [-0.3, -0.25) is 23.5 Å². The van der Waals surface area contributed by atoms with Gasteiger partial charge >= 0.3 is 11.7 Å². The van der Waals surface area contributed by atoms with E-state index in [1.165, 1.54) is 26.0 Å². The monoisotopic (exact) mass is 388 g/mol. The summed E-state index contributed by atoms with van der Waals surface area (Å²) in [5.41, 5.74) is 1.09. The van der Waals surface area contributed by atoms with Gasteiger partial charge in [0.1, 0.15) is 6.54 Å². The molecule has 2 amide bonds. The SMILES string of the molecule is CN(CC(=O)N1CCCC(C(=O)O)C1)C(=O)Cn1c(=O)n(C)c2ccccc21. The summed E-state index contributed by atoms with van der Waals surface area (Å²) in [6, 6.07) is 7.20. The molecule has 1 aromatic carbocycles. The van der Waals surface area contributed by atoms with Gasteiger partial charge in [0, 0.05) is 27.2 Å². The Bertz CT molecular complexity index is 976. The van der Waals surface area contributed by atoms with Crippen molar-refractivity contribution >= 4 is 28.8 Å². The van der Waals surface area contributed by atoms with Crippen LogP contribution in [-0.4, -0.2) is 68.5 Å². The highest BCUT2D eigenvalue weighted by molar-refractivity contribution is 5.86. The minimum atomic E-state index is -0.905. The molecule has 1 fully saturated rings. The number of amides is 2. The molecule has 0 bridgehead atoms. The lowest BCUT2D eigenvalue weighted by atomic mass is 9.98. The molecule has 28 heavy (non-hydrogen) atoms. The number of carboxylic acids is 1. The number of hydrogen-bond donors (Lipinski definition) is 1. The predicted molar refractivity (Wildman–Crippen MR) is 102 cm³/mol. The normalized spacial score (nSPS) is 16.9. The second-order valence-corrected chi connectivity index (χ2v) is 7.18. The fraction of sp³-hybridized carbons (Fsp3) is 0.474. The number of aryl methyl sites for hydroxylation is 1. The molecule has 1 aromatic heterocycles. The number of hydrogen-bond acceptors (Lipinski definition) is 4. The molecule has 0 aliphatic carbocycles. The van der Waals surface area contributed by atoms with Gasteiger partial charge in [-0.15, -0.1) is 0 Å². The molecule has 1 N–H and O–H groups in total. The number of benzene rings is 1. The molecular formula is C19H24N4O5. The maximum absolute atomic E-state index is 12.6. The molecule has 1 aliphatic rings. The van der Waals surface area contributed by atoms with Gasteiger partial charge in [0.05, 0.1) is 23.5 Å². The molecule has 9 heteroatoms. The fourth-order valence-corrected chi connectivity index (χ4v) is 3.57. The van der Waals surface area contributed by atoms with E-state index in [1.54, 1.807) is 25.2 Å². The lowest BCUT2D eigenvalue weighted by molar-refractivity contribution is -0.147. The molecule has 1 unspecified atom stereocenters. The van der Waals surface area contributed by atoms with Gasteiger partial charge in [0.2, 0.25) is 11.8 Å². The molecule has 150 valence electrons. The van der Waals surface area contributed by atoms with Crippen LogP contribution in [0, 0.1) is 5.92 Å². The van der Waals surface area contributed by atoms with E-state index in [2.05, 4.69) is 0 Å². The largest absolute Gasteiger partial charge is 0.481 e. The Morgan fingerprint density at radius 1 is 1.21 bits per heavy atom. The van der Waals surface area contributed by atoms with E-state index in [-0.39, 0.29) is 37.1 Å². The van der Waals surface area contributed by atoms with Crippen LogP contribution in [-0.2, 0) is 28.0 Å². The number of para-hydroxylation sites is 2. The van der Waals surface area contributed by atoms with Crippen LogP contribution < -0.4 is 5.69 Å². The fourth-order valence-electron chi connectivity index (χ4n) is 3.57. The molecule has 0 saturated carbocycles. The Morgan fingerprint density at radius 2 is 1.89 bits per heavy atom. The van der Waals surface area contributed by atoms with Gasteiger partial charge in [-0.05, 0) is 25.0 Å². The van der Waals surface area contributed by atoms with E-state index in [0.717, 1.165) is 5.52 Å². The Morgan fingerprint density at radius 3 is 2.57 bits per heavy atom. The highest BCUT2D eigenvalue weighted by atomic mass is 16.4. The first-order valence-corrected chi connectivity index (χ1v) is 9.18. The highest BCUT2D eigenvalue weighted by Gasteiger charge is 2.29. The third-order valence-electron chi connectivity index (χ3n) is 5.27. The quantitative estimate of drug-likeness (QED) is 0.783. The molecule has 0 spiro atoms. The third kappa shape index (κ3) is 3.78. The molecule has 0 radical (unpaired) electrons. The second kappa shape index (κ2) is 7.87. The first-order valence-electron chi connectivity index (χ1n) is 9.18. The van der Waals surface area contributed by atoms with Crippen molar-refractivity contribution in [1.82, 2.24) is 18.9 Å². The molecule has 1 aliphatic heterocycles. The molecule has 1 saturated heterocycles. The zero-order chi connectivity index (χ0) is 20.4. The first-order chi connectivity index (χ1) is 13.3. The number of carboxylic acid groups (broad SMARTS) is 1. The number of imidazole rings is 1. The molecule has 2 aromatic rings. The number of carbonyl (C=O) groups is 3. The molecule has 2 heterocycles. The number of likely N-dealkylation sites (tertiary alicyclic amines) is 1. The Kier molecular flexibility index (Phi) is 5.53. The average Bonchev–Trinajstić information content (AvgIpc) is 2.93. The first kappa shape index (κ1) is 19.7. The van der Waals surface area contributed by atoms with E-state index in [0.29, 0.717) is 24.9 Å². The zero-order valence-electron chi connectivity index (χ0n) is 16.0. The summed E-state index contributed by atoms with van der Waals surface area (Å²) in [6.07, 6.45) is 1.18. The van der Waals surface area contributed by atoms with Crippen LogP contribution in [0.4, 0.5) is 0 Å². The second-order valence-electron chi connectivity index (χ2n) is 7.18. The van der Waals surface area contributed by atoms with Gasteiger partial charge in [-0.2, -0.15) is 0 Å². The van der Waals surface area contributed by atoms with Gasteiger partial charge in [0.15, 0.2) is 0 Å². The van der Waals surface area contributed by atoms with Crippen molar-refractivity contribution in [3.63, 3.8) is 0 Å². The smallest absolute Gasteiger partial charge is 0.329 e. The van der Waals surface area contributed by atoms with Crippen molar-refractivity contribution in [2.24, 2.45) is 13.0 Å². The third-order valence-corrected chi connectivity index (χ3v) is 5.27. The van der Waals surface area contributed by atoms with E-state index < -0.39 is 11.9 Å². The number of fused-ring (bicyclic) bond motifs is 1. The Labute approximate surface area is 161 Å². The average molecular weight is 388 g/mol. The zero-order valence-corrected chi connectivity index (χ0v) is 16.0. The highest BCUT2D eigenvalue weighted by Crippen LogP contribution is 2.17. The van der Waals surface area contributed by atoms with Crippen molar-refractivity contribution in [1.29, 1.82) is 0 Å². The van der Waals surface area contributed by atoms with Crippen molar-refractivity contribution in [2.75, 3.05) is 26.7 Å². The number of carbonyl (C=O) groups excluding carboxylic acids is 2. The minimum absolute atomic E-state index is 0.148. The number of nitrogens with zero attached hydrogens (tertiary/aromatic N) is 4. The number of aromatic nitrogens is 2. The molecule has 3 rings (SSSR count). The Balaban J connectivity index is 1.67. The summed E-state index contributed by atoms with van der Waals surface area (Å²) >= 11 is 0. The van der Waals surface area contributed by atoms with Gasteiger partial charge in [-0.25, -0.2) is 4.79 Å². The predicted octanol–water partition coefficient (Wildman–Crippen LogP) is 0.122. The number of likely N-dealkylation sites (N-methyl/N-ethyl adjacent to an activating group) is 1. The van der Waals surface area contributed by atoms with Crippen molar-refractivity contribution in [3.05, 3.63) is 34.7 Å². The summed E-state index contributed by atoms with van der Waals surface area (Å²) in [4.78, 5) is 51.5. The maximum Gasteiger partial charge on any atom is 0.329 e. The molecule has 1 atom stereocenters. The number of rotatable bonds is 5. The Hall–Kier alpha value is -3.10. The molecule has 9 nitrogen and oxygen atoms in total. The maximum atomic E-state index is 12.6. The van der Waals surface area contributed by atoms with Gasteiger partial charge < -0.3 is 14.9 Å². The van der Waals surface area contributed by atoms with Gasteiger partial charge in [-0.1, -0.05) is 12.1 Å². The van der Waals surface area contributed by atoms with Crippen LogP contribution >= 0.6 is 0 Å². The number of piperidine rings is 1. The standard InChI is InChI=1S/C19H24N4O5/c1-20(11-17(25)22-9-5-6-13(10-22)18(26)27)16(24)12-23-15-8-4-3-7-14(15)21(2)19(23)28/h3-4,7-8,13H,5-6,9-12H2,1-2H3,(H,26,27). The van der Waals surface area contributed by atoms with Crippen LogP contribution in [0.5, 0.6) is 0 Å². The van der Waals surface area contributed by atoms with E-state index in [1.807, 2.05) is 6.07 Å². The number of aliphatic carboxylic acids is 1. The van der Waals surface area contributed by atoms with Crippen LogP contribution in [0.2, 0.25) is 0 Å². The summed E-state index contributed by atoms with van der Waals surface area (Å²) in [7, 11) is 3.16. The summed E-state index contributed by atoms with van der Waals surface area (Å²) in [5.74, 6) is -2.11. The van der Waals surface area contributed by atoms with Crippen LogP contribution in [0.15, 0.2) is 29.1 Å². The van der Waals surface area contributed by atoms with Crippen LogP contribution in [0.1, 0.15) is 12.8 Å². The minimum Gasteiger partial charge on any atom is -0.481 e. The summed E-state index contributed by atoms with van der Waals surface area (Å²) in [6.45, 7) is 0.346. The lowest BCUT2D eigenvalue weighted by Crippen LogP contribution is -2.47. The molecular weight excluding hydrogens is 364 g/mol.